The van der Waals surface area contributed by atoms with Crippen molar-refractivity contribution in [3.63, 3.8) is 0 Å². The molecule has 3 nitrogen and oxygen atoms in total. The number of para-hydroxylation sites is 2. The van der Waals surface area contributed by atoms with Gasteiger partial charge in [0.2, 0.25) is 0 Å². The lowest BCUT2D eigenvalue weighted by atomic mass is 10.2. The number of nitrogens with zero attached hydrogens (tertiary/aromatic N) is 1. The lowest BCUT2D eigenvalue weighted by Crippen LogP contribution is -1.83. The summed E-state index contributed by atoms with van der Waals surface area (Å²) in [4.78, 5) is 7.57. The standard InChI is InChI=1S/C13H8Cl2N2O/c14-8-6-9(15)12(18)5-7(8)13-16-10-3-1-2-4-11(10)17-13/h1-6,18H,(H,16,17). The SMILES string of the molecule is Oc1cc(-c2nc3ccccc3[nH]2)c(Cl)cc1Cl. The number of benzene rings is 2. The maximum atomic E-state index is 9.63. The molecule has 0 amide bonds. The van der Waals surface area contributed by atoms with Crippen LogP contribution in [0.3, 0.4) is 0 Å². The zero-order valence-corrected chi connectivity index (χ0v) is 10.6. The molecule has 0 atom stereocenters. The van der Waals surface area contributed by atoms with E-state index in [4.69, 9.17) is 23.2 Å². The molecular formula is C13H8Cl2N2O. The van der Waals surface area contributed by atoms with Crippen LogP contribution in [0.25, 0.3) is 22.4 Å². The van der Waals surface area contributed by atoms with Gasteiger partial charge < -0.3 is 10.1 Å². The number of phenolic OH excluding ortho intramolecular Hbond substituents is 1. The Bertz CT molecular complexity index is 704. The number of fused-ring (bicyclic) bond motifs is 1. The Balaban J connectivity index is 2.22. The van der Waals surface area contributed by atoms with Gasteiger partial charge in [0.15, 0.2) is 0 Å². The van der Waals surface area contributed by atoms with Crippen molar-refractivity contribution in [2.75, 3.05) is 0 Å². The molecule has 0 unspecified atom stereocenters. The van der Waals surface area contributed by atoms with Gasteiger partial charge in [0.1, 0.15) is 11.6 Å². The van der Waals surface area contributed by atoms with Gasteiger partial charge in [0.05, 0.1) is 21.1 Å². The molecular weight excluding hydrogens is 271 g/mol. The molecule has 2 N–H and O–H groups in total. The second-order valence-corrected chi connectivity index (χ2v) is 4.70. The molecule has 90 valence electrons. The number of H-pyrrole nitrogens is 1. The summed E-state index contributed by atoms with van der Waals surface area (Å²) >= 11 is 11.9. The number of halogens is 2. The Morgan fingerprint density at radius 1 is 1.06 bits per heavy atom. The predicted molar refractivity (Wildman–Crippen MR) is 73.2 cm³/mol. The van der Waals surface area contributed by atoms with Crippen LogP contribution in [0, 0.1) is 0 Å². The van der Waals surface area contributed by atoms with Crippen molar-refractivity contribution in [3.05, 3.63) is 46.4 Å². The fraction of sp³-hybridized carbons (Fsp3) is 0. The maximum Gasteiger partial charge on any atom is 0.140 e. The molecule has 5 heteroatoms. The Kier molecular flexibility index (Phi) is 2.65. The van der Waals surface area contributed by atoms with Gasteiger partial charge in [-0.05, 0) is 24.3 Å². The average molecular weight is 279 g/mol. The molecule has 18 heavy (non-hydrogen) atoms. The smallest absolute Gasteiger partial charge is 0.140 e. The molecule has 0 aliphatic rings. The number of hydrogen-bond acceptors (Lipinski definition) is 2. The zero-order valence-electron chi connectivity index (χ0n) is 9.11. The van der Waals surface area contributed by atoms with Crippen LogP contribution in [0.2, 0.25) is 10.0 Å². The van der Waals surface area contributed by atoms with Crippen molar-refractivity contribution in [2.45, 2.75) is 0 Å². The lowest BCUT2D eigenvalue weighted by Gasteiger charge is -2.03. The molecule has 1 heterocycles. The van der Waals surface area contributed by atoms with E-state index in [0.717, 1.165) is 11.0 Å². The first-order chi connectivity index (χ1) is 8.65. The van der Waals surface area contributed by atoms with E-state index in [-0.39, 0.29) is 10.8 Å². The van der Waals surface area contributed by atoms with Crippen molar-refractivity contribution in [3.8, 4) is 17.1 Å². The number of aromatic hydroxyl groups is 1. The second-order valence-electron chi connectivity index (χ2n) is 3.89. The summed E-state index contributed by atoms with van der Waals surface area (Å²) in [7, 11) is 0. The normalized spacial score (nSPS) is 11.0. The summed E-state index contributed by atoms with van der Waals surface area (Å²) in [6.45, 7) is 0. The molecule has 0 bridgehead atoms. The molecule has 0 saturated carbocycles. The highest BCUT2D eigenvalue weighted by molar-refractivity contribution is 6.37. The molecule has 0 fully saturated rings. The zero-order chi connectivity index (χ0) is 12.7. The van der Waals surface area contributed by atoms with Gasteiger partial charge in [-0.2, -0.15) is 0 Å². The largest absolute Gasteiger partial charge is 0.506 e. The van der Waals surface area contributed by atoms with Crippen molar-refractivity contribution in [1.82, 2.24) is 9.97 Å². The van der Waals surface area contributed by atoms with Crippen LogP contribution < -0.4 is 0 Å². The first-order valence-corrected chi connectivity index (χ1v) is 6.04. The van der Waals surface area contributed by atoms with Crippen molar-refractivity contribution >= 4 is 34.2 Å². The fourth-order valence-corrected chi connectivity index (χ4v) is 2.27. The number of nitrogens with one attached hydrogen (secondary N) is 1. The van der Waals surface area contributed by atoms with Crippen LogP contribution in [0.4, 0.5) is 0 Å². The first kappa shape index (κ1) is 11.4. The summed E-state index contributed by atoms with van der Waals surface area (Å²) in [5, 5.41) is 10.3. The minimum absolute atomic E-state index is 0.0171. The number of aromatic nitrogens is 2. The van der Waals surface area contributed by atoms with Gasteiger partial charge in [-0.15, -0.1) is 0 Å². The van der Waals surface area contributed by atoms with Crippen molar-refractivity contribution in [1.29, 1.82) is 0 Å². The Labute approximate surface area is 113 Å². The summed E-state index contributed by atoms with van der Waals surface area (Å²) < 4.78 is 0. The first-order valence-electron chi connectivity index (χ1n) is 5.28. The van der Waals surface area contributed by atoms with Crippen LogP contribution in [0.15, 0.2) is 36.4 Å². The van der Waals surface area contributed by atoms with E-state index >= 15 is 0 Å². The summed E-state index contributed by atoms with van der Waals surface area (Å²) in [5.74, 6) is 0.588. The molecule has 0 aliphatic heterocycles. The summed E-state index contributed by atoms with van der Waals surface area (Å²) in [5.41, 5.74) is 2.38. The third-order valence-electron chi connectivity index (χ3n) is 2.68. The Hall–Kier alpha value is -1.71. The van der Waals surface area contributed by atoms with Gasteiger partial charge in [0.25, 0.3) is 0 Å². The Morgan fingerprint density at radius 2 is 1.83 bits per heavy atom. The van der Waals surface area contributed by atoms with Crippen LogP contribution >= 0.6 is 23.2 Å². The minimum atomic E-state index is -0.0171. The summed E-state index contributed by atoms with van der Waals surface area (Å²) in [6, 6.07) is 10.7. The van der Waals surface area contributed by atoms with Crippen LogP contribution in [-0.2, 0) is 0 Å². The third-order valence-corrected chi connectivity index (χ3v) is 3.30. The monoisotopic (exact) mass is 278 g/mol. The van der Waals surface area contributed by atoms with Crippen molar-refractivity contribution in [2.24, 2.45) is 0 Å². The average Bonchev–Trinajstić information content (AvgIpc) is 2.77. The van der Waals surface area contributed by atoms with Gasteiger partial charge >= 0.3 is 0 Å². The summed E-state index contributed by atoms with van der Waals surface area (Å²) in [6.07, 6.45) is 0. The second kappa shape index (κ2) is 4.19. The van der Waals surface area contributed by atoms with E-state index in [2.05, 4.69) is 9.97 Å². The maximum absolute atomic E-state index is 9.63. The third kappa shape index (κ3) is 1.82. The molecule has 2 aromatic carbocycles. The van der Waals surface area contributed by atoms with Crippen LogP contribution in [0.1, 0.15) is 0 Å². The predicted octanol–water partition coefficient (Wildman–Crippen LogP) is 4.24. The van der Waals surface area contributed by atoms with Crippen LogP contribution in [0.5, 0.6) is 5.75 Å². The minimum Gasteiger partial charge on any atom is -0.506 e. The molecule has 1 aromatic heterocycles. The number of aromatic amines is 1. The molecule has 0 saturated heterocycles. The highest BCUT2D eigenvalue weighted by atomic mass is 35.5. The number of rotatable bonds is 1. The Morgan fingerprint density at radius 3 is 2.61 bits per heavy atom. The fourth-order valence-electron chi connectivity index (χ4n) is 1.80. The van der Waals surface area contributed by atoms with E-state index in [9.17, 15) is 5.11 Å². The highest BCUT2D eigenvalue weighted by Gasteiger charge is 2.12. The topological polar surface area (TPSA) is 48.9 Å². The highest BCUT2D eigenvalue weighted by Crippen LogP contribution is 2.35. The molecule has 3 rings (SSSR count). The van der Waals surface area contributed by atoms with E-state index in [0.29, 0.717) is 16.4 Å². The van der Waals surface area contributed by atoms with E-state index < -0.39 is 0 Å². The van der Waals surface area contributed by atoms with Gasteiger partial charge in [-0.25, -0.2) is 4.98 Å². The van der Waals surface area contributed by atoms with Crippen molar-refractivity contribution < 1.29 is 5.11 Å². The van der Waals surface area contributed by atoms with Crippen LogP contribution in [-0.4, -0.2) is 15.1 Å². The van der Waals surface area contributed by atoms with Gasteiger partial charge in [0, 0.05) is 5.56 Å². The quantitative estimate of drug-likeness (QED) is 0.699. The molecule has 0 spiro atoms. The van der Waals surface area contributed by atoms with Gasteiger partial charge in [-0.1, -0.05) is 35.3 Å². The number of hydrogen-bond donors (Lipinski definition) is 2. The van der Waals surface area contributed by atoms with E-state index in [1.54, 1.807) is 0 Å². The molecule has 0 aliphatic carbocycles. The van der Waals surface area contributed by atoms with Gasteiger partial charge in [-0.3, -0.25) is 0 Å². The number of imidazole rings is 1. The van der Waals surface area contributed by atoms with E-state index in [1.165, 1.54) is 12.1 Å². The lowest BCUT2D eigenvalue weighted by molar-refractivity contribution is 0.476. The molecule has 0 radical (unpaired) electrons. The number of phenols is 1. The van der Waals surface area contributed by atoms with E-state index in [1.807, 2.05) is 24.3 Å². The molecule has 3 aromatic rings.